The average molecular weight is 408 g/mol. The van der Waals surface area contributed by atoms with Crippen LogP contribution in [0.2, 0.25) is 0 Å². The molecule has 0 aliphatic heterocycles. The van der Waals surface area contributed by atoms with Crippen molar-refractivity contribution >= 4 is 27.8 Å². The maximum Gasteiger partial charge on any atom is 0.269 e. The molecule has 0 saturated carbocycles. The number of benzene rings is 1. The number of carbonyl (C=O) groups is 1. The van der Waals surface area contributed by atoms with E-state index in [2.05, 4.69) is 45.2 Å². The van der Waals surface area contributed by atoms with Gasteiger partial charge >= 0.3 is 0 Å². The van der Waals surface area contributed by atoms with Crippen molar-refractivity contribution in [1.82, 2.24) is 15.4 Å². The molecular formula is C17H22BrN5O2. The monoisotopic (exact) mass is 407 g/mol. The summed E-state index contributed by atoms with van der Waals surface area (Å²) in [5.74, 6) is 6.20. The van der Waals surface area contributed by atoms with Gasteiger partial charge in [0.05, 0.1) is 28.0 Å². The molecule has 0 fully saturated rings. The Bertz CT molecular complexity index is 780. The van der Waals surface area contributed by atoms with Crippen LogP contribution in [0.1, 0.15) is 36.3 Å². The predicted molar refractivity (Wildman–Crippen MR) is 101 cm³/mol. The molecular weight excluding hydrogens is 386 g/mol. The molecule has 1 aromatic heterocycles. The van der Waals surface area contributed by atoms with Crippen LogP contribution in [0.4, 0.5) is 5.95 Å². The van der Waals surface area contributed by atoms with Gasteiger partial charge in [-0.3, -0.25) is 10.2 Å². The summed E-state index contributed by atoms with van der Waals surface area (Å²) >= 11 is 3.50. The van der Waals surface area contributed by atoms with E-state index >= 15 is 0 Å². The Balaban J connectivity index is 2.39. The second-order valence-corrected chi connectivity index (χ2v) is 6.89. The highest BCUT2D eigenvalue weighted by atomic mass is 79.9. The number of aryl methyl sites for hydroxylation is 1. The van der Waals surface area contributed by atoms with Crippen LogP contribution in [-0.4, -0.2) is 22.5 Å². The quantitative estimate of drug-likeness (QED) is 0.385. The molecule has 2 aromatic rings. The number of nitrogens with two attached hydrogens (primary N) is 2. The van der Waals surface area contributed by atoms with Crippen molar-refractivity contribution in [1.29, 1.82) is 0 Å². The van der Waals surface area contributed by atoms with Gasteiger partial charge in [0, 0.05) is 5.56 Å². The number of amides is 1. The third kappa shape index (κ3) is 4.67. The Morgan fingerprint density at radius 1 is 1.36 bits per heavy atom. The minimum atomic E-state index is -0.471. The first kappa shape index (κ1) is 19.1. The zero-order valence-electron chi connectivity index (χ0n) is 14.5. The summed E-state index contributed by atoms with van der Waals surface area (Å²) in [4.78, 5) is 20.4. The van der Waals surface area contributed by atoms with Crippen LogP contribution in [0.15, 0.2) is 22.7 Å². The molecule has 7 nitrogen and oxygen atoms in total. The fraction of sp³-hybridized carbons (Fsp3) is 0.353. The number of ether oxygens (including phenoxy) is 1. The molecule has 0 bridgehead atoms. The summed E-state index contributed by atoms with van der Waals surface area (Å²) in [6.07, 6.45) is 0.969. The molecule has 0 saturated heterocycles. The molecule has 1 heterocycles. The average Bonchev–Trinajstić information content (AvgIpc) is 2.54. The van der Waals surface area contributed by atoms with Crippen molar-refractivity contribution in [3.63, 3.8) is 0 Å². The van der Waals surface area contributed by atoms with E-state index in [1.54, 1.807) is 6.92 Å². The Morgan fingerprint density at radius 3 is 2.68 bits per heavy atom. The fourth-order valence-electron chi connectivity index (χ4n) is 2.32. The molecule has 1 amide bonds. The first-order chi connectivity index (χ1) is 11.8. The van der Waals surface area contributed by atoms with Crippen LogP contribution in [0.25, 0.3) is 11.3 Å². The van der Waals surface area contributed by atoms with Gasteiger partial charge in [-0.1, -0.05) is 13.8 Å². The number of nitrogens with zero attached hydrogens (tertiary/aromatic N) is 2. The summed E-state index contributed by atoms with van der Waals surface area (Å²) in [6.45, 7) is 6.61. The Kier molecular flexibility index (Phi) is 6.33. The standard InChI is InChI=1S/C17H22BrN5O2/c1-9(2)6-7-25-13-5-4-11(8-12(13)18)15-14(16(24)23-20)10(3)21-17(19)22-15/h4-5,8-9H,6-7,20H2,1-3H3,(H,23,24)(H2,19,21,22). The molecule has 0 unspecified atom stereocenters. The van der Waals surface area contributed by atoms with Crippen LogP contribution >= 0.6 is 15.9 Å². The molecule has 5 N–H and O–H groups in total. The SMILES string of the molecule is Cc1nc(N)nc(-c2ccc(OCCC(C)C)c(Br)c2)c1C(=O)NN. The number of anilines is 1. The van der Waals surface area contributed by atoms with E-state index in [0.717, 1.165) is 16.6 Å². The van der Waals surface area contributed by atoms with Crippen molar-refractivity contribution in [3.8, 4) is 17.0 Å². The summed E-state index contributed by atoms with van der Waals surface area (Å²) < 4.78 is 6.55. The summed E-state index contributed by atoms with van der Waals surface area (Å²) in [7, 11) is 0. The molecule has 0 aliphatic carbocycles. The smallest absolute Gasteiger partial charge is 0.269 e. The number of halogens is 1. The van der Waals surface area contributed by atoms with Gasteiger partial charge in [-0.25, -0.2) is 15.8 Å². The number of hydrazine groups is 1. The minimum Gasteiger partial charge on any atom is -0.492 e. The number of nitrogen functional groups attached to an aromatic ring is 2. The lowest BCUT2D eigenvalue weighted by atomic mass is 10.0. The van der Waals surface area contributed by atoms with E-state index in [4.69, 9.17) is 16.3 Å². The van der Waals surface area contributed by atoms with Crippen LogP contribution < -0.4 is 21.7 Å². The highest BCUT2D eigenvalue weighted by Crippen LogP contribution is 2.32. The molecule has 1 aromatic carbocycles. The first-order valence-electron chi connectivity index (χ1n) is 7.91. The Morgan fingerprint density at radius 2 is 2.08 bits per heavy atom. The molecule has 25 heavy (non-hydrogen) atoms. The molecule has 0 spiro atoms. The van der Waals surface area contributed by atoms with E-state index in [1.165, 1.54) is 0 Å². The third-order valence-electron chi connectivity index (χ3n) is 3.62. The molecule has 0 aliphatic rings. The summed E-state index contributed by atoms with van der Waals surface area (Å²) in [6, 6.07) is 5.49. The predicted octanol–water partition coefficient (Wildman–Crippen LogP) is 2.83. The lowest BCUT2D eigenvalue weighted by molar-refractivity contribution is 0.0953. The normalized spacial score (nSPS) is 10.8. The second kappa shape index (κ2) is 8.26. The molecule has 2 rings (SSSR count). The minimum absolute atomic E-state index is 0.0921. The van der Waals surface area contributed by atoms with Gasteiger partial charge < -0.3 is 10.5 Å². The zero-order chi connectivity index (χ0) is 18.6. The van der Waals surface area contributed by atoms with Gasteiger partial charge in [-0.2, -0.15) is 0 Å². The van der Waals surface area contributed by atoms with Crippen molar-refractivity contribution in [2.24, 2.45) is 11.8 Å². The fourth-order valence-corrected chi connectivity index (χ4v) is 2.81. The number of hydrogen-bond acceptors (Lipinski definition) is 6. The largest absolute Gasteiger partial charge is 0.492 e. The van der Waals surface area contributed by atoms with Crippen LogP contribution in [-0.2, 0) is 0 Å². The van der Waals surface area contributed by atoms with Crippen LogP contribution in [0.5, 0.6) is 5.75 Å². The number of nitrogens with one attached hydrogen (secondary N) is 1. The van der Waals surface area contributed by atoms with Crippen molar-refractivity contribution < 1.29 is 9.53 Å². The lowest BCUT2D eigenvalue weighted by Crippen LogP contribution is -2.31. The summed E-state index contributed by atoms with van der Waals surface area (Å²) in [5, 5.41) is 0. The third-order valence-corrected chi connectivity index (χ3v) is 4.24. The highest BCUT2D eigenvalue weighted by molar-refractivity contribution is 9.10. The molecule has 134 valence electrons. The first-order valence-corrected chi connectivity index (χ1v) is 8.70. The van der Waals surface area contributed by atoms with Gasteiger partial charge in [-0.15, -0.1) is 0 Å². The number of carbonyl (C=O) groups excluding carboxylic acids is 1. The molecule has 8 heteroatoms. The lowest BCUT2D eigenvalue weighted by Gasteiger charge is -2.13. The zero-order valence-corrected chi connectivity index (χ0v) is 16.1. The second-order valence-electron chi connectivity index (χ2n) is 6.04. The van der Waals surface area contributed by atoms with Crippen molar-refractivity contribution in [3.05, 3.63) is 33.9 Å². The van der Waals surface area contributed by atoms with Gasteiger partial charge in [0.2, 0.25) is 5.95 Å². The Labute approximate surface area is 155 Å². The topological polar surface area (TPSA) is 116 Å². The molecule has 0 radical (unpaired) electrons. The van der Waals surface area contributed by atoms with E-state index in [1.807, 2.05) is 18.2 Å². The van der Waals surface area contributed by atoms with Gasteiger partial charge in [0.1, 0.15) is 5.75 Å². The number of hydrogen-bond donors (Lipinski definition) is 3. The van der Waals surface area contributed by atoms with Crippen LogP contribution in [0, 0.1) is 12.8 Å². The molecule has 0 atom stereocenters. The highest BCUT2D eigenvalue weighted by Gasteiger charge is 2.19. The van der Waals surface area contributed by atoms with E-state index < -0.39 is 5.91 Å². The van der Waals surface area contributed by atoms with Crippen molar-refractivity contribution in [2.45, 2.75) is 27.2 Å². The maximum absolute atomic E-state index is 12.1. The Hall–Kier alpha value is -2.19. The number of aromatic nitrogens is 2. The van der Waals surface area contributed by atoms with E-state index in [0.29, 0.717) is 29.5 Å². The van der Waals surface area contributed by atoms with E-state index in [-0.39, 0.29) is 11.5 Å². The maximum atomic E-state index is 12.1. The van der Waals surface area contributed by atoms with Gasteiger partial charge in [0.25, 0.3) is 5.91 Å². The van der Waals surface area contributed by atoms with Gasteiger partial charge in [0.15, 0.2) is 0 Å². The van der Waals surface area contributed by atoms with Gasteiger partial charge in [-0.05, 0) is 53.4 Å². The van der Waals surface area contributed by atoms with E-state index in [9.17, 15) is 4.79 Å². The van der Waals surface area contributed by atoms with Crippen LogP contribution in [0.3, 0.4) is 0 Å². The number of rotatable bonds is 6. The van der Waals surface area contributed by atoms with Crippen molar-refractivity contribution in [2.75, 3.05) is 12.3 Å². The summed E-state index contributed by atoms with van der Waals surface area (Å²) in [5.41, 5.74) is 9.74.